The average Bonchev–Trinajstić information content (AvgIpc) is 2.63. The second-order valence-corrected chi connectivity index (χ2v) is 6.00. The van der Waals surface area contributed by atoms with E-state index in [1.165, 1.54) is 13.3 Å². The van der Waals surface area contributed by atoms with Gasteiger partial charge in [-0.15, -0.1) is 0 Å². The highest BCUT2D eigenvalue weighted by atomic mass is 16.2. The number of hydrogen-bond donors (Lipinski definition) is 2. The predicted octanol–water partition coefficient (Wildman–Crippen LogP) is 2.80. The standard InChI is InChI=1S/C18H21N5O2/c1-13(24)20-14-5-7-15(8-6-14)21-18-19-10-9-16(22-18)17(25)23-11-3-2-4-12-23/h5-10H,2-4,11-12H2,1H3,(H,20,24)(H,19,21,22). The lowest BCUT2D eigenvalue weighted by molar-refractivity contribution is -0.114. The third-order valence-corrected chi connectivity index (χ3v) is 3.98. The van der Waals surface area contributed by atoms with Gasteiger partial charge in [0, 0.05) is 37.6 Å². The summed E-state index contributed by atoms with van der Waals surface area (Å²) in [6, 6.07) is 8.84. The molecule has 0 bridgehead atoms. The van der Waals surface area contributed by atoms with Crippen LogP contribution in [0.2, 0.25) is 0 Å². The number of piperidine rings is 1. The van der Waals surface area contributed by atoms with Crippen LogP contribution < -0.4 is 10.6 Å². The molecule has 1 saturated heterocycles. The first-order valence-electron chi connectivity index (χ1n) is 8.39. The Labute approximate surface area is 146 Å². The van der Waals surface area contributed by atoms with Crippen molar-refractivity contribution in [3.8, 4) is 0 Å². The number of benzene rings is 1. The van der Waals surface area contributed by atoms with Crippen molar-refractivity contribution in [2.75, 3.05) is 23.7 Å². The molecule has 7 nitrogen and oxygen atoms in total. The third kappa shape index (κ3) is 4.53. The number of anilines is 3. The van der Waals surface area contributed by atoms with Gasteiger partial charge in [0.1, 0.15) is 5.69 Å². The zero-order valence-electron chi connectivity index (χ0n) is 14.2. The van der Waals surface area contributed by atoms with Crippen molar-refractivity contribution in [1.29, 1.82) is 0 Å². The van der Waals surface area contributed by atoms with Gasteiger partial charge in [-0.3, -0.25) is 9.59 Å². The van der Waals surface area contributed by atoms with E-state index in [0.29, 0.717) is 17.3 Å². The Kier molecular flexibility index (Phi) is 5.23. The lowest BCUT2D eigenvalue weighted by Crippen LogP contribution is -2.36. The lowest BCUT2D eigenvalue weighted by atomic mass is 10.1. The zero-order chi connectivity index (χ0) is 17.6. The summed E-state index contributed by atoms with van der Waals surface area (Å²) in [5.41, 5.74) is 1.89. The summed E-state index contributed by atoms with van der Waals surface area (Å²) in [4.78, 5) is 33.9. The molecule has 25 heavy (non-hydrogen) atoms. The molecule has 2 amide bonds. The fraction of sp³-hybridized carbons (Fsp3) is 0.333. The molecule has 7 heteroatoms. The lowest BCUT2D eigenvalue weighted by Gasteiger charge is -2.26. The quantitative estimate of drug-likeness (QED) is 0.894. The molecule has 1 aliphatic heterocycles. The highest BCUT2D eigenvalue weighted by Gasteiger charge is 2.19. The molecule has 0 saturated carbocycles. The van der Waals surface area contributed by atoms with Crippen LogP contribution in [0.25, 0.3) is 0 Å². The molecule has 2 N–H and O–H groups in total. The fourth-order valence-electron chi connectivity index (χ4n) is 2.77. The molecule has 0 unspecified atom stereocenters. The Morgan fingerprint density at radius 3 is 2.36 bits per heavy atom. The first-order chi connectivity index (χ1) is 12.1. The van der Waals surface area contributed by atoms with Gasteiger partial charge in [0.05, 0.1) is 0 Å². The van der Waals surface area contributed by atoms with E-state index in [-0.39, 0.29) is 11.8 Å². The maximum atomic E-state index is 12.5. The van der Waals surface area contributed by atoms with Crippen molar-refractivity contribution in [1.82, 2.24) is 14.9 Å². The Bertz CT molecular complexity index is 754. The fourth-order valence-corrected chi connectivity index (χ4v) is 2.77. The van der Waals surface area contributed by atoms with Crippen LogP contribution in [-0.4, -0.2) is 39.8 Å². The van der Waals surface area contributed by atoms with Crippen molar-refractivity contribution in [3.05, 3.63) is 42.2 Å². The zero-order valence-corrected chi connectivity index (χ0v) is 14.2. The van der Waals surface area contributed by atoms with Crippen molar-refractivity contribution in [3.63, 3.8) is 0 Å². The molecule has 2 heterocycles. The molecule has 0 aliphatic carbocycles. The summed E-state index contributed by atoms with van der Waals surface area (Å²) >= 11 is 0. The minimum absolute atomic E-state index is 0.0499. The molecule has 130 valence electrons. The Hall–Kier alpha value is -2.96. The number of nitrogens with zero attached hydrogens (tertiary/aromatic N) is 3. The number of carbonyl (C=O) groups excluding carboxylic acids is 2. The first kappa shape index (κ1) is 16.9. The normalized spacial score (nSPS) is 14.0. The molecular formula is C18H21N5O2. The van der Waals surface area contributed by atoms with Crippen molar-refractivity contribution >= 4 is 29.1 Å². The van der Waals surface area contributed by atoms with Crippen LogP contribution in [0.4, 0.5) is 17.3 Å². The maximum absolute atomic E-state index is 12.5. The largest absolute Gasteiger partial charge is 0.337 e. The molecule has 2 aromatic rings. The molecule has 1 aromatic heterocycles. The Balaban J connectivity index is 1.68. The highest BCUT2D eigenvalue weighted by Crippen LogP contribution is 2.17. The summed E-state index contributed by atoms with van der Waals surface area (Å²) in [6.45, 7) is 3.04. The topological polar surface area (TPSA) is 87.2 Å². The van der Waals surface area contributed by atoms with Gasteiger partial charge in [-0.05, 0) is 49.6 Å². The number of amides is 2. The number of carbonyl (C=O) groups is 2. The van der Waals surface area contributed by atoms with Crippen LogP contribution in [0.3, 0.4) is 0 Å². The smallest absolute Gasteiger partial charge is 0.272 e. The summed E-state index contributed by atoms with van der Waals surface area (Å²) < 4.78 is 0. The summed E-state index contributed by atoms with van der Waals surface area (Å²) in [5, 5.41) is 5.79. The van der Waals surface area contributed by atoms with E-state index in [0.717, 1.165) is 31.6 Å². The van der Waals surface area contributed by atoms with Gasteiger partial charge in [0.2, 0.25) is 11.9 Å². The van der Waals surface area contributed by atoms with Crippen LogP contribution in [0, 0.1) is 0 Å². The summed E-state index contributed by atoms with van der Waals surface area (Å²) in [7, 11) is 0. The second-order valence-electron chi connectivity index (χ2n) is 6.00. The predicted molar refractivity (Wildman–Crippen MR) is 95.8 cm³/mol. The SMILES string of the molecule is CC(=O)Nc1ccc(Nc2nccc(C(=O)N3CCCCC3)n2)cc1. The van der Waals surface area contributed by atoms with Gasteiger partial charge < -0.3 is 15.5 Å². The molecule has 0 atom stereocenters. The van der Waals surface area contributed by atoms with Gasteiger partial charge in [-0.25, -0.2) is 9.97 Å². The van der Waals surface area contributed by atoms with Gasteiger partial charge in [0.15, 0.2) is 0 Å². The highest BCUT2D eigenvalue weighted by molar-refractivity contribution is 5.92. The van der Waals surface area contributed by atoms with Gasteiger partial charge in [-0.1, -0.05) is 0 Å². The van der Waals surface area contributed by atoms with Crippen LogP contribution in [0.1, 0.15) is 36.7 Å². The summed E-state index contributed by atoms with van der Waals surface area (Å²) in [5.74, 6) is 0.203. The third-order valence-electron chi connectivity index (χ3n) is 3.98. The van der Waals surface area contributed by atoms with Gasteiger partial charge in [-0.2, -0.15) is 0 Å². The molecule has 0 spiro atoms. The molecular weight excluding hydrogens is 318 g/mol. The van der Waals surface area contributed by atoms with E-state index < -0.39 is 0 Å². The monoisotopic (exact) mass is 339 g/mol. The molecule has 1 fully saturated rings. The van der Waals surface area contributed by atoms with Crippen molar-refractivity contribution in [2.45, 2.75) is 26.2 Å². The number of nitrogens with one attached hydrogen (secondary N) is 2. The number of aromatic nitrogens is 2. The molecule has 3 rings (SSSR count). The van der Waals surface area contributed by atoms with E-state index in [1.807, 2.05) is 17.0 Å². The van der Waals surface area contributed by atoms with Crippen LogP contribution in [-0.2, 0) is 4.79 Å². The maximum Gasteiger partial charge on any atom is 0.272 e. The van der Waals surface area contributed by atoms with Gasteiger partial charge >= 0.3 is 0 Å². The minimum Gasteiger partial charge on any atom is -0.337 e. The van der Waals surface area contributed by atoms with Crippen LogP contribution in [0.15, 0.2) is 36.5 Å². The second kappa shape index (κ2) is 7.74. The van der Waals surface area contributed by atoms with E-state index in [9.17, 15) is 9.59 Å². The van der Waals surface area contributed by atoms with Crippen LogP contribution in [0.5, 0.6) is 0 Å². The van der Waals surface area contributed by atoms with Crippen LogP contribution >= 0.6 is 0 Å². The molecule has 1 aliphatic rings. The average molecular weight is 339 g/mol. The summed E-state index contributed by atoms with van der Waals surface area (Å²) in [6.07, 6.45) is 4.85. The number of hydrogen-bond acceptors (Lipinski definition) is 5. The Morgan fingerprint density at radius 1 is 1.00 bits per heavy atom. The Morgan fingerprint density at radius 2 is 1.68 bits per heavy atom. The first-order valence-corrected chi connectivity index (χ1v) is 8.39. The molecule has 0 radical (unpaired) electrons. The van der Waals surface area contributed by atoms with Crippen molar-refractivity contribution in [2.24, 2.45) is 0 Å². The van der Waals surface area contributed by atoms with E-state index in [1.54, 1.807) is 24.4 Å². The number of rotatable bonds is 4. The molecule has 1 aromatic carbocycles. The van der Waals surface area contributed by atoms with Crippen molar-refractivity contribution < 1.29 is 9.59 Å². The van der Waals surface area contributed by atoms with E-state index in [2.05, 4.69) is 20.6 Å². The van der Waals surface area contributed by atoms with E-state index >= 15 is 0 Å². The number of likely N-dealkylation sites (tertiary alicyclic amines) is 1. The minimum atomic E-state index is -0.118. The van der Waals surface area contributed by atoms with E-state index in [4.69, 9.17) is 0 Å². The van der Waals surface area contributed by atoms with Gasteiger partial charge in [0.25, 0.3) is 5.91 Å².